The van der Waals surface area contributed by atoms with E-state index in [1.807, 2.05) is 74.5 Å². The number of methoxy groups -OCH3 is 1. The third-order valence-electron chi connectivity index (χ3n) is 13.6. The van der Waals surface area contributed by atoms with Crippen molar-refractivity contribution in [2.75, 3.05) is 33.4 Å². The third-order valence-corrected chi connectivity index (χ3v) is 17.5. The molecule has 4 atom stereocenters. The number of ether oxygens (including phenoxy) is 5. The quantitative estimate of drug-likeness (QED) is 0.0446. The van der Waals surface area contributed by atoms with Gasteiger partial charge in [-0.2, -0.15) is 8.61 Å². The first-order valence-corrected chi connectivity index (χ1v) is 29.6. The fourth-order valence-corrected chi connectivity index (χ4v) is 12.4. The van der Waals surface area contributed by atoms with Gasteiger partial charge in [0.2, 0.25) is 31.9 Å². The summed E-state index contributed by atoms with van der Waals surface area (Å²) in [7, 11) is -6.59. The Morgan fingerprint density at radius 1 is 0.518 bits per heavy atom. The third kappa shape index (κ3) is 17.8. The summed E-state index contributed by atoms with van der Waals surface area (Å²) >= 11 is 0. The van der Waals surface area contributed by atoms with Crippen LogP contribution < -0.4 is 20.1 Å². The minimum atomic E-state index is -3.92. The van der Waals surface area contributed by atoms with Crippen LogP contribution in [0.1, 0.15) is 59.1 Å². The van der Waals surface area contributed by atoms with E-state index in [4.69, 9.17) is 23.7 Å². The lowest BCUT2D eigenvalue weighted by molar-refractivity contribution is -0.148. The number of carbonyl (C=O) groups excluding carboxylic acids is 5. The van der Waals surface area contributed by atoms with E-state index >= 15 is 0 Å². The Balaban J connectivity index is 0.000000239. The fraction of sp³-hybridized carbons (Fsp3) is 0.311. The van der Waals surface area contributed by atoms with Gasteiger partial charge in [-0.05, 0) is 110 Å². The molecule has 22 heteroatoms. The molecule has 2 aliphatic rings. The fourth-order valence-electron chi connectivity index (χ4n) is 9.10. The van der Waals surface area contributed by atoms with Gasteiger partial charge in [0, 0.05) is 25.9 Å². The van der Waals surface area contributed by atoms with Gasteiger partial charge in [0.25, 0.3) is 0 Å². The van der Waals surface area contributed by atoms with Gasteiger partial charge in [0.1, 0.15) is 48.9 Å². The first-order chi connectivity index (χ1) is 39.8. The zero-order chi connectivity index (χ0) is 59.5. The van der Waals surface area contributed by atoms with E-state index in [1.54, 1.807) is 72.8 Å². The Kier molecular flexibility index (Phi) is 22.1. The number of nitrogens with zero attached hydrogens (tertiary/aromatic N) is 2. The zero-order valence-electron chi connectivity index (χ0n) is 46.1. The van der Waals surface area contributed by atoms with Crippen LogP contribution >= 0.6 is 0 Å². The van der Waals surface area contributed by atoms with Crippen LogP contribution in [0.25, 0.3) is 0 Å². The molecule has 2 aliphatic heterocycles. The Morgan fingerprint density at radius 2 is 0.892 bits per heavy atom. The summed E-state index contributed by atoms with van der Waals surface area (Å²) in [5.41, 5.74) is 4.86. The van der Waals surface area contributed by atoms with Crippen LogP contribution in [0.2, 0.25) is 0 Å². The molecule has 2 heterocycles. The number of carboxylic acid groups (broad SMARTS) is 1. The maximum Gasteiger partial charge on any atom is 0.344 e. The van der Waals surface area contributed by atoms with E-state index < -0.39 is 79.9 Å². The molecule has 6 aromatic rings. The second-order valence-electron chi connectivity index (χ2n) is 19.7. The average molecular weight is 1180 g/mol. The standard InChI is InChI=1S/C31H34N2O8S.C30H32N2O8S/c1-22-10-16-26(17-11-22)42(37,38)33-18-6-9-28(33)30(35)32-27(31(36)39-2)19-23-12-14-25(15-13-23)40-21-29(34)41-20-24-7-4-3-5-8-24;1-21-9-15-25(16-10-21)41(37,38)32-17-5-8-27(32)29(34)31-26(30(35)36)18-22-11-13-24(14-12-22)39-20-28(33)40-19-23-6-3-2-4-7-23/h3-5,7-8,10-17,27-28H,6,9,18-21H2,1-2H3,(H,32,35);2-4,6-7,9-16,26-27H,5,8,17-20H2,1H3,(H,31,34)(H,35,36)/t27-,28-;26-,27-/m00/s1. The largest absolute Gasteiger partial charge is 0.482 e. The Labute approximate surface area is 482 Å². The van der Waals surface area contributed by atoms with E-state index in [-0.39, 0.29) is 62.1 Å². The molecule has 2 amide bonds. The van der Waals surface area contributed by atoms with E-state index in [0.717, 1.165) is 26.6 Å². The Hall–Kier alpha value is -8.44. The number of hydrogen-bond acceptors (Lipinski definition) is 15. The topological polar surface area (TPSA) is 268 Å². The van der Waals surface area contributed by atoms with E-state index in [9.17, 15) is 50.7 Å². The van der Waals surface area contributed by atoms with Crippen LogP contribution in [0.15, 0.2) is 168 Å². The first kappa shape index (κ1) is 62.2. The van der Waals surface area contributed by atoms with Crippen molar-refractivity contribution in [3.63, 3.8) is 0 Å². The van der Waals surface area contributed by atoms with E-state index in [0.29, 0.717) is 48.3 Å². The van der Waals surface area contributed by atoms with Gasteiger partial charge >= 0.3 is 23.9 Å². The van der Waals surface area contributed by atoms with Gasteiger partial charge in [-0.3, -0.25) is 9.59 Å². The summed E-state index contributed by atoms with van der Waals surface area (Å²) in [6.07, 6.45) is 1.72. The van der Waals surface area contributed by atoms with Crippen molar-refractivity contribution in [2.45, 2.75) is 99.5 Å². The molecule has 0 bridgehead atoms. The number of nitrogens with one attached hydrogen (secondary N) is 2. The molecule has 3 N–H and O–H groups in total. The lowest BCUT2D eigenvalue weighted by atomic mass is 10.0. The normalized spacial score (nSPS) is 16.0. The number of aliphatic carboxylic acids is 1. The van der Waals surface area contributed by atoms with Crippen molar-refractivity contribution in [1.82, 2.24) is 19.2 Å². The summed E-state index contributed by atoms with van der Waals surface area (Å²) in [6.45, 7) is 3.82. The van der Waals surface area contributed by atoms with Crippen molar-refractivity contribution in [3.05, 3.63) is 191 Å². The Morgan fingerprint density at radius 3 is 1.27 bits per heavy atom. The highest BCUT2D eigenvalue weighted by atomic mass is 32.2. The summed E-state index contributed by atoms with van der Waals surface area (Å²) in [5, 5.41) is 15.0. The number of sulfonamides is 2. The van der Waals surface area contributed by atoms with Crippen molar-refractivity contribution < 1.29 is 74.4 Å². The predicted molar refractivity (Wildman–Crippen MR) is 303 cm³/mol. The van der Waals surface area contributed by atoms with Crippen LogP contribution in [-0.2, 0) is 89.1 Å². The molecule has 83 heavy (non-hydrogen) atoms. The van der Waals surface area contributed by atoms with Crippen LogP contribution in [0, 0.1) is 13.8 Å². The number of hydrogen-bond donors (Lipinski definition) is 3. The number of amides is 2. The van der Waals surface area contributed by atoms with Crippen LogP contribution in [0.3, 0.4) is 0 Å². The van der Waals surface area contributed by atoms with Crippen LogP contribution in [0.4, 0.5) is 0 Å². The Bertz CT molecular complexity index is 3390. The molecule has 6 aromatic carbocycles. The van der Waals surface area contributed by atoms with Crippen molar-refractivity contribution >= 4 is 55.7 Å². The van der Waals surface area contributed by atoms with E-state index in [1.165, 1.54) is 35.7 Å². The number of rotatable bonds is 24. The molecule has 0 radical (unpaired) electrons. The zero-order valence-corrected chi connectivity index (χ0v) is 47.7. The highest BCUT2D eigenvalue weighted by Gasteiger charge is 2.42. The molecule has 2 fully saturated rings. The maximum absolute atomic E-state index is 13.3. The van der Waals surface area contributed by atoms with E-state index in [2.05, 4.69) is 10.6 Å². The van der Waals surface area contributed by atoms with Crippen molar-refractivity contribution in [2.24, 2.45) is 0 Å². The predicted octanol–water partition coefficient (Wildman–Crippen LogP) is 6.25. The highest BCUT2D eigenvalue weighted by molar-refractivity contribution is 7.89. The van der Waals surface area contributed by atoms with Gasteiger partial charge in [0.15, 0.2) is 13.2 Å². The average Bonchev–Trinajstić information content (AvgIpc) is 4.43. The van der Waals surface area contributed by atoms with Gasteiger partial charge in [-0.1, -0.05) is 120 Å². The highest BCUT2D eigenvalue weighted by Crippen LogP contribution is 2.29. The maximum atomic E-state index is 13.3. The summed E-state index contributed by atoms with van der Waals surface area (Å²) in [4.78, 5) is 75.1. The first-order valence-electron chi connectivity index (χ1n) is 26.7. The van der Waals surface area contributed by atoms with Crippen LogP contribution in [-0.4, -0.2) is 124 Å². The summed E-state index contributed by atoms with van der Waals surface area (Å²) in [6, 6.07) is 40.3. The summed E-state index contributed by atoms with van der Waals surface area (Å²) < 4.78 is 81.5. The lowest BCUT2D eigenvalue weighted by Crippen LogP contribution is -2.51. The molecular weight excluding hydrogens is 1110 g/mol. The number of aryl methyl sites for hydroxylation is 2. The molecule has 0 aliphatic carbocycles. The molecule has 2 saturated heterocycles. The monoisotopic (exact) mass is 1170 g/mol. The minimum Gasteiger partial charge on any atom is -0.482 e. The molecule has 0 unspecified atom stereocenters. The van der Waals surface area contributed by atoms with Gasteiger partial charge in [-0.15, -0.1) is 0 Å². The van der Waals surface area contributed by atoms with Gasteiger partial charge in [0.05, 0.1) is 16.9 Å². The van der Waals surface area contributed by atoms with Gasteiger partial charge < -0.3 is 39.4 Å². The number of esters is 3. The van der Waals surface area contributed by atoms with Gasteiger partial charge in [-0.25, -0.2) is 36.0 Å². The molecule has 0 saturated carbocycles. The minimum absolute atomic E-state index is 0.0299. The molecule has 20 nitrogen and oxygen atoms in total. The van der Waals surface area contributed by atoms with Crippen molar-refractivity contribution in [3.8, 4) is 11.5 Å². The number of carbonyl (C=O) groups is 6. The second-order valence-corrected chi connectivity index (χ2v) is 23.5. The lowest BCUT2D eigenvalue weighted by Gasteiger charge is -2.25. The van der Waals surface area contributed by atoms with Crippen molar-refractivity contribution in [1.29, 1.82) is 0 Å². The number of carboxylic acids is 1. The molecular formula is C61H66N4O16S2. The SMILES string of the molecule is COC(=O)[C@H](Cc1ccc(OCC(=O)OCc2ccccc2)cc1)NC(=O)[C@@H]1CCCN1S(=O)(=O)c1ccc(C)cc1.Cc1ccc(S(=O)(=O)N2CCC[C@H]2C(=O)N[C@@H](Cc2ccc(OCC(=O)OCc3ccccc3)cc2)C(=O)O)cc1. The molecule has 0 aromatic heterocycles. The second kappa shape index (κ2) is 29.5. The number of benzene rings is 6. The summed E-state index contributed by atoms with van der Waals surface area (Å²) in [5.74, 6) is -3.34. The smallest absolute Gasteiger partial charge is 0.344 e. The molecule has 0 spiro atoms. The molecule has 438 valence electrons. The van der Waals surface area contributed by atoms with Crippen LogP contribution in [0.5, 0.6) is 11.5 Å². The molecule has 8 rings (SSSR count).